The maximum atomic E-state index is 5.89. The number of fused-ring (bicyclic) bond motifs is 1. The second-order valence-corrected chi connectivity index (χ2v) is 6.20. The Bertz CT molecular complexity index is 698. The van der Waals surface area contributed by atoms with Crippen molar-refractivity contribution in [2.75, 3.05) is 6.26 Å². The van der Waals surface area contributed by atoms with Crippen molar-refractivity contribution in [1.82, 2.24) is 0 Å². The van der Waals surface area contributed by atoms with E-state index in [1.165, 1.54) is 20.7 Å². The van der Waals surface area contributed by atoms with Gasteiger partial charge in [0.15, 0.2) is 5.09 Å². The molecule has 1 heterocycles. The molecule has 0 saturated heterocycles. The van der Waals surface area contributed by atoms with Crippen molar-refractivity contribution in [2.24, 2.45) is 0 Å². The first-order valence-corrected chi connectivity index (χ1v) is 8.12. The van der Waals surface area contributed by atoms with E-state index in [2.05, 4.69) is 49.6 Å². The van der Waals surface area contributed by atoms with Crippen LogP contribution in [0.15, 0.2) is 67.8 Å². The second-order valence-electron chi connectivity index (χ2n) is 4.33. The molecular formula is C16H14OS2. The highest BCUT2D eigenvalue weighted by Crippen LogP contribution is 2.42. The number of aryl methyl sites for hydroxylation is 1. The molecular weight excluding hydrogens is 272 g/mol. The summed E-state index contributed by atoms with van der Waals surface area (Å²) in [5.74, 6) is 0. The van der Waals surface area contributed by atoms with E-state index in [1.807, 2.05) is 12.1 Å². The number of hydrogen-bond donors (Lipinski definition) is 0. The molecule has 0 unspecified atom stereocenters. The van der Waals surface area contributed by atoms with E-state index in [4.69, 9.17) is 4.42 Å². The van der Waals surface area contributed by atoms with Crippen molar-refractivity contribution < 1.29 is 4.42 Å². The van der Waals surface area contributed by atoms with Gasteiger partial charge >= 0.3 is 0 Å². The fraction of sp³-hybridized carbons (Fsp3) is 0.125. The lowest BCUT2D eigenvalue weighted by molar-refractivity contribution is 0.501. The standard InChI is InChI=1S/C16H14OS2/c1-11-7-9-12(10-8-11)19-15-13-5-3-4-6-14(13)17-16(15)18-2/h3-10H,1-2H3. The summed E-state index contributed by atoms with van der Waals surface area (Å²) in [5, 5.41) is 2.18. The summed E-state index contributed by atoms with van der Waals surface area (Å²) < 4.78 is 5.89. The van der Waals surface area contributed by atoms with Crippen molar-refractivity contribution in [3.63, 3.8) is 0 Å². The smallest absolute Gasteiger partial charge is 0.175 e. The van der Waals surface area contributed by atoms with E-state index >= 15 is 0 Å². The molecule has 19 heavy (non-hydrogen) atoms. The molecule has 0 aliphatic rings. The minimum absolute atomic E-state index is 0.960. The van der Waals surface area contributed by atoms with Gasteiger partial charge in [-0.25, -0.2) is 0 Å². The van der Waals surface area contributed by atoms with Crippen LogP contribution in [0.4, 0.5) is 0 Å². The lowest BCUT2D eigenvalue weighted by Crippen LogP contribution is -1.75. The minimum Gasteiger partial charge on any atom is -0.449 e. The molecule has 0 aliphatic carbocycles. The molecule has 0 amide bonds. The van der Waals surface area contributed by atoms with Crippen molar-refractivity contribution >= 4 is 34.5 Å². The molecule has 0 radical (unpaired) electrons. The maximum absolute atomic E-state index is 5.89. The molecule has 0 N–H and O–H groups in total. The van der Waals surface area contributed by atoms with Crippen LogP contribution in [0, 0.1) is 6.92 Å². The zero-order chi connectivity index (χ0) is 13.2. The van der Waals surface area contributed by atoms with Gasteiger partial charge in [-0.2, -0.15) is 0 Å². The molecule has 0 fully saturated rings. The van der Waals surface area contributed by atoms with Gasteiger partial charge in [0.1, 0.15) is 5.58 Å². The predicted octanol–water partition coefficient (Wildman–Crippen LogP) is 5.61. The molecule has 0 spiro atoms. The quantitative estimate of drug-likeness (QED) is 0.581. The molecule has 0 atom stereocenters. The molecule has 1 nitrogen and oxygen atoms in total. The zero-order valence-electron chi connectivity index (χ0n) is 10.8. The van der Waals surface area contributed by atoms with E-state index in [0.29, 0.717) is 0 Å². The Morgan fingerprint density at radius 3 is 2.42 bits per heavy atom. The van der Waals surface area contributed by atoms with Gasteiger partial charge in [-0.3, -0.25) is 0 Å². The predicted molar refractivity (Wildman–Crippen MR) is 83.3 cm³/mol. The van der Waals surface area contributed by atoms with E-state index in [0.717, 1.165) is 10.7 Å². The highest BCUT2D eigenvalue weighted by atomic mass is 32.2. The van der Waals surface area contributed by atoms with Crippen LogP contribution >= 0.6 is 23.5 Å². The number of para-hydroxylation sites is 1. The molecule has 3 aromatic rings. The van der Waals surface area contributed by atoms with Gasteiger partial charge in [0.25, 0.3) is 0 Å². The van der Waals surface area contributed by atoms with E-state index in [9.17, 15) is 0 Å². The van der Waals surface area contributed by atoms with Crippen LogP contribution in [-0.2, 0) is 0 Å². The largest absolute Gasteiger partial charge is 0.449 e. The highest BCUT2D eigenvalue weighted by Gasteiger charge is 2.14. The lowest BCUT2D eigenvalue weighted by atomic mass is 10.2. The van der Waals surface area contributed by atoms with Gasteiger partial charge in [0.2, 0.25) is 0 Å². The van der Waals surface area contributed by atoms with Gasteiger partial charge in [0.05, 0.1) is 4.90 Å². The number of rotatable bonds is 3. The first-order valence-electron chi connectivity index (χ1n) is 6.08. The van der Waals surface area contributed by atoms with Crippen LogP contribution in [0.25, 0.3) is 11.0 Å². The minimum atomic E-state index is 0.960. The molecule has 0 bridgehead atoms. The van der Waals surface area contributed by atoms with Crippen LogP contribution in [0.2, 0.25) is 0 Å². The van der Waals surface area contributed by atoms with Crippen molar-refractivity contribution in [1.29, 1.82) is 0 Å². The summed E-state index contributed by atoms with van der Waals surface area (Å²) in [6, 6.07) is 16.8. The third-order valence-corrected chi connectivity index (χ3v) is 4.85. The Balaban J connectivity index is 2.06. The monoisotopic (exact) mass is 286 g/mol. The molecule has 0 saturated carbocycles. The zero-order valence-corrected chi connectivity index (χ0v) is 12.5. The summed E-state index contributed by atoms with van der Waals surface area (Å²) >= 11 is 3.43. The Morgan fingerprint density at radius 1 is 0.947 bits per heavy atom. The van der Waals surface area contributed by atoms with Gasteiger partial charge in [0, 0.05) is 10.3 Å². The average Bonchev–Trinajstić information content (AvgIpc) is 2.79. The molecule has 96 valence electrons. The summed E-state index contributed by atoms with van der Waals surface area (Å²) in [5.41, 5.74) is 2.24. The molecule has 0 aliphatic heterocycles. The van der Waals surface area contributed by atoms with Crippen LogP contribution < -0.4 is 0 Å². The number of furan rings is 1. The SMILES string of the molecule is CSc1oc2ccccc2c1Sc1ccc(C)cc1. The Labute approximate surface area is 121 Å². The number of hydrogen-bond acceptors (Lipinski definition) is 3. The summed E-state index contributed by atoms with van der Waals surface area (Å²) in [7, 11) is 0. The summed E-state index contributed by atoms with van der Waals surface area (Å²) in [6.07, 6.45) is 2.05. The van der Waals surface area contributed by atoms with Gasteiger partial charge in [-0.1, -0.05) is 53.4 Å². The third kappa shape index (κ3) is 2.53. The summed E-state index contributed by atoms with van der Waals surface area (Å²) in [4.78, 5) is 2.46. The topological polar surface area (TPSA) is 13.1 Å². The average molecular weight is 286 g/mol. The van der Waals surface area contributed by atoms with E-state index in [1.54, 1.807) is 23.5 Å². The fourth-order valence-corrected chi connectivity index (χ4v) is 3.71. The lowest BCUT2D eigenvalue weighted by Gasteiger charge is -2.02. The second kappa shape index (κ2) is 5.35. The Hall–Kier alpha value is -1.32. The van der Waals surface area contributed by atoms with Crippen LogP contribution in [0.5, 0.6) is 0 Å². The normalized spacial score (nSPS) is 11.1. The molecule has 1 aromatic heterocycles. The van der Waals surface area contributed by atoms with Crippen LogP contribution in [0.3, 0.4) is 0 Å². The van der Waals surface area contributed by atoms with Gasteiger partial charge in [-0.15, -0.1) is 0 Å². The van der Waals surface area contributed by atoms with Crippen molar-refractivity contribution in [3.05, 3.63) is 54.1 Å². The first-order chi connectivity index (χ1) is 9.28. The van der Waals surface area contributed by atoms with E-state index in [-0.39, 0.29) is 0 Å². The van der Waals surface area contributed by atoms with Crippen LogP contribution in [0.1, 0.15) is 5.56 Å². The van der Waals surface area contributed by atoms with Crippen molar-refractivity contribution in [3.8, 4) is 0 Å². The highest BCUT2D eigenvalue weighted by molar-refractivity contribution is 8.02. The van der Waals surface area contributed by atoms with Gasteiger partial charge in [-0.05, 0) is 37.4 Å². The molecule has 3 rings (SSSR count). The molecule has 2 aromatic carbocycles. The van der Waals surface area contributed by atoms with E-state index < -0.39 is 0 Å². The Morgan fingerprint density at radius 2 is 1.68 bits per heavy atom. The maximum Gasteiger partial charge on any atom is 0.175 e. The van der Waals surface area contributed by atoms with Crippen LogP contribution in [-0.4, -0.2) is 6.26 Å². The first kappa shape index (κ1) is 12.7. The van der Waals surface area contributed by atoms with Crippen molar-refractivity contribution in [2.45, 2.75) is 21.8 Å². The fourth-order valence-electron chi connectivity index (χ4n) is 1.95. The third-order valence-electron chi connectivity index (χ3n) is 2.95. The van der Waals surface area contributed by atoms with Gasteiger partial charge < -0.3 is 4.42 Å². The number of benzene rings is 2. The molecule has 3 heteroatoms. The number of thioether (sulfide) groups is 1. The summed E-state index contributed by atoms with van der Waals surface area (Å²) in [6.45, 7) is 2.11. The Kier molecular flexibility index (Phi) is 3.58.